The Kier molecular flexibility index (Phi) is 2.60. The lowest BCUT2D eigenvalue weighted by atomic mass is 10.2. The molecule has 1 aliphatic heterocycles. The van der Waals surface area contributed by atoms with E-state index in [1.165, 1.54) is 30.4 Å². The summed E-state index contributed by atoms with van der Waals surface area (Å²) >= 11 is 3.44. The topological polar surface area (TPSA) is 38.9 Å². The molecule has 0 aliphatic carbocycles. The third-order valence-electron chi connectivity index (χ3n) is 1.81. The summed E-state index contributed by atoms with van der Waals surface area (Å²) in [6.07, 6.45) is 4.41. The normalized spacial score (nSPS) is 23.2. The Labute approximate surface area is 79.7 Å². The lowest BCUT2D eigenvalue weighted by molar-refractivity contribution is 0.365. The molecule has 2 heterocycles. The van der Waals surface area contributed by atoms with Crippen LogP contribution < -0.4 is 0 Å². The van der Waals surface area contributed by atoms with Crippen molar-refractivity contribution in [1.82, 2.24) is 10.1 Å². The summed E-state index contributed by atoms with van der Waals surface area (Å²) in [6.45, 7) is 0. The van der Waals surface area contributed by atoms with Gasteiger partial charge in [-0.05, 0) is 24.9 Å². The van der Waals surface area contributed by atoms with E-state index in [0.717, 1.165) is 11.0 Å². The average molecular weight is 202 g/mol. The van der Waals surface area contributed by atoms with Crippen molar-refractivity contribution in [3.8, 4) is 0 Å². The second kappa shape index (κ2) is 3.70. The lowest BCUT2D eigenvalue weighted by Crippen LogP contribution is -1.87. The first-order valence-corrected chi connectivity index (χ1v) is 6.16. The van der Waals surface area contributed by atoms with Gasteiger partial charge < -0.3 is 4.52 Å². The van der Waals surface area contributed by atoms with Gasteiger partial charge in [-0.3, -0.25) is 0 Å². The van der Waals surface area contributed by atoms with E-state index < -0.39 is 0 Å². The summed E-state index contributed by atoms with van der Waals surface area (Å²) in [5.41, 5.74) is 0. The Hall–Kier alpha value is -0.160. The molecule has 0 radical (unpaired) electrons. The first-order chi connectivity index (χ1) is 5.90. The van der Waals surface area contributed by atoms with Crippen LogP contribution in [0.1, 0.15) is 24.0 Å². The van der Waals surface area contributed by atoms with Crippen molar-refractivity contribution in [1.29, 1.82) is 0 Å². The maximum absolute atomic E-state index is 5.14. The van der Waals surface area contributed by atoms with Gasteiger partial charge in [0.25, 0.3) is 0 Å². The van der Waals surface area contributed by atoms with Crippen molar-refractivity contribution < 1.29 is 4.52 Å². The molecule has 5 heteroatoms. The molecule has 0 N–H and O–H groups in total. The maximum Gasteiger partial charge on any atom is 0.240 e. The molecule has 1 atom stereocenters. The Balaban J connectivity index is 2.11. The Bertz CT molecular complexity index is 258. The van der Waals surface area contributed by atoms with E-state index >= 15 is 0 Å². The summed E-state index contributed by atoms with van der Waals surface area (Å²) in [5.74, 6) is 2.03. The number of hydrogen-bond donors (Lipinski definition) is 0. The van der Waals surface area contributed by atoms with Gasteiger partial charge in [-0.2, -0.15) is 4.98 Å². The third kappa shape index (κ3) is 1.61. The molecule has 0 saturated carbocycles. The van der Waals surface area contributed by atoms with Crippen LogP contribution in [0.3, 0.4) is 0 Å². The molecule has 0 spiro atoms. The first kappa shape index (κ1) is 8.44. The van der Waals surface area contributed by atoms with Gasteiger partial charge in [0.1, 0.15) is 0 Å². The Morgan fingerprint density at radius 2 is 2.58 bits per heavy atom. The zero-order valence-corrected chi connectivity index (χ0v) is 8.45. The molecule has 12 heavy (non-hydrogen) atoms. The second-order valence-electron chi connectivity index (χ2n) is 2.62. The van der Waals surface area contributed by atoms with E-state index in [4.69, 9.17) is 4.52 Å². The SMILES string of the molecule is CSc1noc(C2CCCS2)n1. The molecule has 1 unspecified atom stereocenters. The number of aromatic nitrogens is 2. The summed E-state index contributed by atoms with van der Waals surface area (Å²) in [4.78, 5) is 4.28. The van der Waals surface area contributed by atoms with Crippen LogP contribution in [0.25, 0.3) is 0 Å². The van der Waals surface area contributed by atoms with E-state index in [2.05, 4.69) is 10.1 Å². The molecule has 66 valence electrons. The van der Waals surface area contributed by atoms with Crippen molar-refractivity contribution in [2.75, 3.05) is 12.0 Å². The van der Waals surface area contributed by atoms with Crippen molar-refractivity contribution in [2.24, 2.45) is 0 Å². The molecule has 1 fully saturated rings. The van der Waals surface area contributed by atoms with Crippen molar-refractivity contribution in [3.63, 3.8) is 0 Å². The van der Waals surface area contributed by atoms with Gasteiger partial charge in [-0.1, -0.05) is 16.9 Å². The highest BCUT2D eigenvalue weighted by molar-refractivity contribution is 7.99. The Morgan fingerprint density at radius 3 is 3.17 bits per heavy atom. The monoisotopic (exact) mass is 202 g/mol. The number of thioether (sulfide) groups is 2. The zero-order chi connectivity index (χ0) is 8.39. The van der Waals surface area contributed by atoms with Crippen LogP contribution in [0.5, 0.6) is 0 Å². The van der Waals surface area contributed by atoms with Crippen LogP contribution in [-0.4, -0.2) is 22.1 Å². The molecule has 1 aromatic heterocycles. The largest absolute Gasteiger partial charge is 0.337 e. The minimum absolute atomic E-state index is 0.457. The summed E-state index contributed by atoms with van der Waals surface area (Å²) in [7, 11) is 0. The van der Waals surface area contributed by atoms with Gasteiger partial charge in [0, 0.05) is 0 Å². The average Bonchev–Trinajstić information content (AvgIpc) is 2.75. The molecular formula is C7H10N2OS2. The van der Waals surface area contributed by atoms with Crippen LogP contribution in [0.2, 0.25) is 0 Å². The molecule has 1 saturated heterocycles. The number of rotatable bonds is 2. The van der Waals surface area contributed by atoms with Crippen LogP contribution in [0, 0.1) is 0 Å². The van der Waals surface area contributed by atoms with Crippen LogP contribution in [0.15, 0.2) is 9.68 Å². The second-order valence-corrected chi connectivity index (χ2v) is 4.70. The highest BCUT2D eigenvalue weighted by Gasteiger charge is 2.23. The van der Waals surface area contributed by atoms with Crippen LogP contribution in [-0.2, 0) is 0 Å². The molecule has 1 aliphatic rings. The molecule has 3 nitrogen and oxygen atoms in total. The van der Waals surface area contributed by atoms with Gasteiger partial charge in [0.15, 0.2) is 0 Å². The van der Waals surface area contributed by atoms with E-state index in [9.17, 15) is 0 Å². The van der Waals surface area contributed by atoms with Crippen LogP contribution >= 0.6 is 23.5 Å². The maximum atomic E-state index is 5.14. The standard InChI is InChI=1S/C7H10N2OS2/c1-11-7-8-6(10-9-7)5-3-2-4-12-5/h5H,2-4H2,1H3. The number of hydrogen-bond acceptors (Lipinski definition) is 5. The summed E-state index contributed by atoms with van der Waals surface area (Å²) in [6, 6.07) is 0. The van der Waals surface area contributed by atoms with Crippen molar-refractivity contribution >= 4 is 23.5 Å². The van der Waals surface area contributed by atoms with Gasteiger partial charge in [0.05, 0.1) is 5.25 Å². The van der Waals surface area contributed by atoms with Gasteiger partial charge in [-0.15, -0.1) is 11.8 Å². The van der Waals surface area contributed by atoms with E-state index in [1.54, 1.807) is 0 Å². The van der Waals surface area contributed by atoms with E-state index in [1.807, 2.05) is 18.0 Å². The zero-order valence-electron chi connectivity index (χ0n) is 6.82. The van der Waals surface area contributed by atoms with Gasteiger partial charge in [-0.25, -0.2) is 0 Å². The minimum Gasteiger partial charge on any atom is -0.337 e. The smallest absolute Gasteiger partial charge is 0.240 e. The number of nitrogens with zero attached hydrogens (tertiary/aromatic N) is 2. The summed E-state index contributed by atoms with van der Waals surface area (Å²) < 4.78 is 5.14. The third-order valence-corrected chi connectivity index (χ3v) is 3.71. The van der Waals surface area contributed by atoms with Crippen molar-refractivity contribution in [3.05, 3.63) is 5.89 Å². The van der Waals surface area contributed by atoms with Gasteiger partial charge in [0.2, 0.25) is 11.0 Å². The molecular weight excluding hydrogens is 192 g/mol. The predicted octanol–water partition coefficient (Wildman–Crippen LogP) is 2.36. The fourth-order valence-corrected chi connectivity index (χ4v) is 2.69. The van der Waals surface area contributed by atoms with Crippen molar-refractivity contribution in [2.45, 2.75) is 23.2 Å². The predicted molar refractivity (Wildman–Crippen MR) is 50.5 cm³/mol. The highest BCUT2D eigenvalue weighted by atomic mass is 32.2. The lowest BCUT2D eigenvalue weighted by Gasteiger charge is -1.98. The molecule has 1 aromatic rings. The molecule has 0 bridgehead atoms. The first-order valence-electron chi connectivity index (χ1n) is 3.89. The minimum atomic E-state index is 0.457. The quantitative estimate of drug-likeness (QED) is 0.688. The molecule has 2 rings (SSSR count). The van der Waals surface area contributed by atoms with E-state index in [0.29, 0.717) is 5.25 Å². The molecule has 0 amide bonds. The Morgan fingerprint density at radius 1 is 1.67 bits per heavy atom. The van der Waals surface area contributed by atoms with Gasteiger partial charge >= 0.3 is 0 Å². The highest BCUT2D eigenvalue weighted by Crippen LogP contribution is 2.39. The van der Waals surface area contributed by atoms with Crippen LogP contribution in [0.4, 0.5) is 0 Å². The van der Waals surface area contributed by atoms with E-state index in [-0.39, 0.29) is 0 Å². The molecule has 0 aromatic carbocycles. The summed E-state index contributed by atoms with van der Waals surface area (Å²) in [5, 5.41) is 5.05. The fourth-order valence-electron chi connectivity index (χ4n) is 1.21. The fraction of sp³-hybridized carbons (Fsp3) is 0.714.